The predicted molar refractivity (Wildman–Crippen MR) is 67.2 cm³/mol. The second-order valence-corrected chi connectivity index (χ2v) is 5.23. The highest BCUT2D eigenvalue weighted by molar-refractivity contribution is 8.00. The Balaban J connectivity index is 2.47. The van der Waals surface area contributed by atoms with Crippen LogP contribution in [0, 0.1) is 0 Å². The Bertz CT molecular complexity index is 507. The van der Waals surface area contributed by atoms with Gasteiger partial charge in [-0.15, -0.1) is 11.8 Å². The lowest BCUT2D eigenvalue weighted by molar-refractivity contribution is -0.136. The molecule has 4 nitrogen and oxygen atoms in total. The second-order valence-electron chi connectivity index (χ2n) is 3.40. The first-order valence-corrected chi connectivity index (χ1v) is 6.37. The van der Waals surface area contributed by atoms with Gasteiger partial charge in [0.1, 0.15) is 6.54 Å². The fourth-order valence-electron chi connectivity index (χ4n) is 1.50. The molecule has 0 radical (unpaired) electrons. The number of nitrogens with zero attached hydrogens (tertiary/aromatic N) is 1. The molecule has 17 heavy (non-hydrogen) atoms. The molecule has 1 N–H and O–H groups in total. The molecule has 1 heterocycles. The number of carbonyl (C=O) groups is 2. The third-order valence-corrected chi connectivity index (χ3v) is 3.99. The van der Waals surface area contributed by atoms with Crippen LogP contribution in [0.15, 0.2) is 17.0 Å². The van der Waals surface area contributed by atoms with Crippen molar-refractivity contribution < 1.29 is 14.7 Å². The number of aliphatic carboxylic acids is 1. The average molecular weight is 292 g/mol. The van der Waals surface area contributed by atoms with Crippen LogP contribution in [0.4, 0.5) is 5.69 Å². The van der Waals surface area contributed by atoms with Crippen molar-refractivity contribution in [2.24, 2.45) is 0 Å². The van der Waals surface area contributed by atoms with Crippen LogP contribution in [0.2, 0.25) is 10.0 Å². The molecule has 0 saturated heterocycles. The summed E-state index contributed by atoms with van der Waals surface area (Å²) in [4.78, 5) is 24.3. The van der Waals surface area contributed by atoms with E-state index in [1.807, 2.05) is 0 Å². The van der Waals surface area contributed by atoms with Gasteiger partial charge in [-0.05, 0) is 12.1 Å². The van der Waals surface area contributed by atoms with E-state index in [2.05, 4.69) is 0 Å². The Labute approximate surface area is 111 Å². The summed E-state index contributed by atoms with van der Waals surface area (Å²) in [5.74, 6) is -1.11. The van der Waals surface area contributed by atoms with Crippen LogP contribution in [-0.2, 0) is 9.59 Å². The normalized spacial score (nSPS) is 14.7. The molecule has 2 rings (SSSR count). The number of hydrogen-bond acceptors (Lipinski definition) is 3. The molecule has 0 saturated carbocycles. The topological polar surface area (TPSA) is 57.6 Å². The minimum atomic E-state index is -1.07. The molecule has 7 heteroatoms. The highest BCUT2D eigenvalue weighted by Crippen LogP contribution is 2.40. The molecular weight excluding hydrogens is 285 g/mol. The van der Waals surface area contributed by atoms with Crippen LogP contribution in [0.3, 0.4) is 0 Å². The molecular formula is C10H7Cl2NO3S. The van der Waals surface area contributed by atoms with Crippen molar-refractivity contribution in [3.63, 3.8) is 0 Å². The molecule has 90 valence electrons. The first-order valence-electron chi connectivity index (χ1n) is 4.63. The number of halogens is 2. The Morgan fingerprint density at radius 1 is 1.41 bits per heavy atom. The summed E-state index contributed by atoms with van der Waals surface area (Å²) in [5, 5.41) is 9.47. The van der Waals surface area contributed by atoms with Crippen molar-refractivity contribution >= 4 is 52.5 Å². The molecule has 0 spiro atoms. The standard InChI is InChI=1S/C10H7Cl2NO3S/c11-5-1-7-8(2-6(5)12)17-4-9(14)13(7)3-10(15)16/h1-2H,3-4H2,(H,15,16). The van der Waals surface area contributed by atoms with E-state index in [0.29, 0.717) is 15.7 Å². The number of benzene rings is 1. The third kappa shape index (κ3) is 2.51. The number of hydrogen-bond donors (Lipinski definition) is 1. The van der Waals surface area contributed by atoms with Gasteiger partial charge in [0.05, 0.1) is 21.5 Å². The predicted octanol–water partition coefficient (Wildman–Crippen LogP) is 2.52. The lowest BCUT2D eigenvalue weighted by Gasteiger charge is -2.27. The van der Waals surface area contributed by atoms with Gasteiger partial charge in [-0.1, -0.05) is 23.2 Å². The van der Waals surface area contributed by atoms with Crippen LogP contribution in [0.25, 0.3) is 0 Å². The number of fused-ring (bicyclic) bond motifs is 1. The number of carbonyl (C=O) groups excluding carboxylic acids is 1. The maximum Gasteiger partial charge on any atom is 0.323 e. The summed E-state index contributed by atoms with van der Waals surface area (Å²) >= 11 is 13.1. The quantitative estimate of drug-likeness (QED) is 0.910. The summed E-state index contributed by atoms with van der Waals surface area (Å²) in [7, 11) is 0. The summed E-state index contributed by atoms with van der Waals surface area (Å²) in [6.45, 7) is -0.371. The van der Waals surface area contributed by atoms with Gasteiger partial charge in [-0.3, -0.25) is 14.5 Å². The Morgan fingerprint density at radius 3 is 2.71 bits per heavy atom. The fourth-order valence-corrected chi connectivity index (χ4v) is 2.84. The van der Waals surface area contributed by atoms with Gasteiger partial charge < -0.3 is 5.11 Å². The fraction of sp³-hybridized carbons (Fsp3) is 0.200. The largest absolute Gasteiger partial charge is 0.480 e. The minimum Gasteiger partial charge on any atom is -0.480 e. The third-order valence-electron chi connectivity index (χ3n) is 2.24. The Hall–Kier alpha value is -0.910. The number of anilines is 1. The molecule has 0 bridgehead atoms. The molecule has 0 fully saturated rings. The highest BCUT2D eigenvalue weighted by Gasteiger charge is 2.27. The first-order chi connectivity index (χ1) is 7.99. The van der Waals surface area contributed by atoms with Crippen LogP contribution >= 0.6 is 35.0 Å². The summed E-state index contributed by atoms with van der Waals surface area (Å²) < 4.78 is 0. The zero-order chi connectivity index (χ0) is 12.6. The van der Waals surface area contributed by atoms with Gasteiger partial charge >= 0.3 is 5.97 Å². The molecule has 1 aromatic carbocycles. The smallest absolute Gasteiger partial charge is 0.323 e. The maximum atomic E-state index is 11.7. The molecule has 0 aromatic heterocycles. The van der Waals surface area contributed by atoms with Crippen molar-refractivity contribution in [3.05, 3.63) is 22.2 Å². The molecule has 1 aromatic rings. The SMILES string of the molecule is O=C(O)CN1C(=O)CSc2cc(Cl)c(Cl)cc21. The van der Waals surface area contributed by atoms with Crippen molar-refractivity contribution in [2.45, 2.75) is 4.90 Å². The van der Waals surface area contributed by atoms with E-state index in [9.17, 15) is 9.59 Å². The maximum absolute atomic E-state index is 11.7. The van der Waals surface area contributed by atoms with E-state index in [1.54, 1.807) is 6.07 Å². The molecule has 1 amide bonds. The van der Waals surface area contributed by atoms with Gasteiger partial charge in [0.25, 0.3) is 0 Å². The van der Waals surface area contributed by atoms with Gasteiger partial charge in [-0.25, -0.2) is 0 Å². The number of carboxylic acids is 1. The van der Waals surface area contributed by atoms with Crippen molar-refractivity contribution in [3.8, 4) is 0 Å². The molecule has 1 aliphatic rings. The monoisotopic (exact) mass is 291 g/mol. The molecule has 1 aliphatic heterocycles. The lowest BCUT2D eigenvalue weighted by Crippen LogP contribution is -2.39. The van der Waals surface area contributed by atoms with Crippen LogP contribution in [0.5, 0.6) is 0 Å². The van der Waals surface area contributed by atoms with Crippen LogP contribution in [0.1, 0.15) is 0 Å². The second kappa shape index (κ2) is 4.76. The van der Waals surface area contributed by atoms with Crippen molar-refractivity contribution in [2.75, 3.05) is 17.2 Å². The highest BCUT2D eigenvalue weighted by atomic mass is 35.5. The molecule has 0 atom stereocenters. The zero-order valence-corrected chi connectivity index (χ0v) is 10.8. The molecule has 0 unspecified atom stereocenters. The van der Waals surface area contributed by atoms with E-state index in [1.165, 1.54) is 22.7 Å². The zero-order valence-electron chi connectivity index (χ0n) is 8.44. The van der Waals surface area contributed by atoms with E-state index in [4.69, 9.17) is 28.3 Å². The first kappa shape index (κ1) is 12.5. The van der Waals surface area contributed by atoms with Crippen molar-refractivity contribution in [1.29, 1.82) is 0 Å². The number of carboxylic acid groups (broad SMARTS) is 1. The van der Waals surface area contributed by atoms with Crippen LogP contribution in [-0.4, -0.2) is 29.3 Å². The molecule has 0 aliphatic carbocycles. The summed E-state index contributed by atoms with van der Waals surface area (Å²) in [5.41, 5.74) is 0.503. The summed E-state index contributed by atoms with van der Waals surface area (Å²) in [6, 6.07) is 3.16. The van der Waals surface area contributed by atoms with E-state index < -0.39 is 5.97 Å². The van der Waals surface area contributed by atoms with Gasteiger partial charge in [0.15, 0.2) is 0 Å². The minimum absolute atomic E-state index is 0.207. The Kier molecular flexibility index (Phi) is 3.51. The number of amides is 1. The van der Waals surface area contributed by atoms with Gasteiger partial charge in [0.2, 0.25) is 5.91 Å². The number of thioether (sulfide) groups is 1. The Morgan fingerprint density at radius 2 is 2.06 bits per heavy atom. The number of rotatable bonds is 2. The van der Waals surface area contributed by atoms with E-state index in [0.717, 1.165) is 4.90 Å². The van der Waals surface area contributed by atoms with Gasteiger partial charge in [-0.2, -0.15) is 0 Å². The lowest BCUT2D eigenvalue weighted by atomic mass is 10.2. The van der Waals surface area contributed by atoms with Crippen LogP contribution < -0.4 is 4.90 Å². The van der Waals surface area contributed by atoms with E-state index >= 15 is 0 Å². The average Bonchev–Trinajstić information content (AvgIpc) is 2.25. The van der Waals surface area contributed by atoms with Crippen molar-refractivity contribution in [1.82, 2.24) is 0 Å². The van der Waals surface area contributed by atoms with E-state index in [-0.39, 0.29) is 18.2 Å². The van der Waals surface area contributed by atoms with Gasteiger partial charge in [0, 0.05) is 4.90 Å². The summed E-state index contributed by atoms with van der Waals surface area (Å²) in [6.07, 6.45) is 0.